The molecule has 0 unspecified atom stereocenters. The Morgan fingerprint density at radius 2 is 1.85 bits per heavy atom. The normalized spacial score (nSPS) is 10.7. The van der Waals surface area contributed by atoms with Gasteiger partial charge in [-0.25, -0.2) is 0 Å². The van der Waals surface area contributed by atoms with Gasteiger partial charge in [0, 0.05) is 29.2 Å². The number of carbonyl (C=O) groups excluding carboxylic acids is 2. The van der Waals surface area contributed by atoms with Gasteiger partial charge in [0.25, 0.3) is 5.91 Å². The van der Waals surface area contributed by atoms with Gasteiger partial charge in [0.15, 0.2) is 6.61 Å². The zero-order valence-corrected chi connectivity index (χ0v) is 14.7. The monoisotopic (exact) mass is 350 g/mol. The van der Waals surface area contributed by atoms with E-state index >= 15 is 0 Å². The fraction of sp³-hybridized carbons (Fsp3) is 0.238. The lowest BCUT2D eigenvalue weighted by atomic mass is 10.1. The first kappa shape index (κ1) is 17.7. The van der Waals surface area contributed by atoms with Crippen molar-refractivity contribution in [2.45, 2.75) is 26.2 Å². The highest BCUT2D eigenvalue weighted by molar-refractivity contribution is 5.93. The molecule has 2 N–H and O–H groups in total. The quantitative estimate of drug-likeness (QED) is 0.633. The van der Waals surface area contributed by atoms with Gasteiger partial charge in [-0.2, -0.15) is 0 Å². The van der Waals surface area contributed by atoms with E-state index in [-0.39, 0.29) is 24.9 Å². The Hall–Kier alpha value is -3.08. The smallest absolute Gasteiger partial charge is 0.306 e. The van der Waals surface area contributed by atoms with Crippen LogP contribution in [0.2, 0.25) is 0 Å². The minimum Gasteiger partial charge on any atom is -0.456 e. The van der Waals surface area contributed by atoms with Crippen molar-refractivity contribution in [1.82, 2.24) is 4.98 Å². The number of fused-ring (bicyclic) bond motifs is 1. The molecule has 1 heterocycles. The molecule has 134 valence electrons. The van der Waals surface area contributed by atoms with Crippen LogP contribution in [0.4, 0.5) is 5.69 Å². The van der Waals surface area contributed by atoms with Crippen molar-refractivity contribution in [3.63, 3.8) is 0 Å². The third-order valence-corrected chi connectivity index (χ3v) is 4.29. The molecule has 0 radical (unpaired) electrons. The van der Waals surface area contributed by atoms with Crippen LogP contribution >= 0.6 is 0 Å². The average Bonchev–Trinajstić information content (AvgIpc) is 3.05. The zero-order chi connectivity index (χ0) is 18.4. The highest BCUT2D eigenvalue weighted by Gasteiger charge is 2.10. The maximum absolute atomic E-state index is 11.9. The number of anilines is 1. The van der Waals surface area contributed by atoms with Crippen LogP contribution in [-0.2, 0) is 20.7 Å². The number of esters is 1. The number of carbonyl (C=O) groups is 2. The van der Waals surface area contributed by atoms with Crippen LogP contribution in [0.3, 0.4) is 0 Å². The van der Waals surface area contributed by atoms with Crippen molar-refractivity contribution in [3.8, 4) is 0 Å². The van der Waals surface area contributed by atoms with Gasteiger partial charge >= 0.3 is 5.97 Å². The van der Waals surface area contributed by atoms with E-state index in [0.717, 1.165) is 23.2 Å². The summed E-state index contributed by atoms with van der Waals surface area (Å²) >= 11 is 0. The maximum Gasteiger partial charge on any atom is 0.306 e. The van der Waals surface area contributed by atoms with Crippen LogP contribution < -0.4 is 5.32 Å². The lowest BCUT2D eigenvalue weighted by Crippen LogP contribution is -2.21. The highest BCUT2D eigenvalue weighted by atomic mass is 16.5. The molecule has 0 saturated carbocycles. The molecule has 1 aromatic heterocycles. The van der Waals surface area contributed by atoms with E-state index in [0.29, 0.717) is 6.42 Å². The summed E-state index contributed by atoms with van der Waals surface area (Å²) in [4.78, 5) is 27.0. The second-order valence-corrected chi connectivity index (χ2v) is 6.24. The van der Waals surface area contributed by atoms with Gasteiger partial charge in [0.1, 0.15) is 0 Å². The molecule has 2 aromatic carbocycles. The van der Waals surface area contributed by atoms with Crippen LogP contribution in [0.5, 0.6) is 0 Å². The van der Waals surface area contributed by atoms with Crippen molar-refractivity contribution in [2.75, 3.05) is 11.9 Å². The number of aromatic amines is 1. The zero-order valence-electron chi connectivity index (χ0n) is 14.7. The van der Waals surface area contributed by atoms with E-state index in [2.05, 4.69) is 16.4 Å². The van der Waals surface area contributed by atoms with Crippen LogP contribution in [0.25, 0.3) is 10.9 Å². The summed E-state index contributed by atoms with van der Waals surface area (Å²) in [6.07, 6.45) is 3.73. The number of H-pyrrole nitrogens is 1. The highest BCUT2D eigenvalue weighted by Crippen LogP contribution is 2.19. The van der Waals surface area contributed by atoms with Gasteiger partial charge in [-0.3, -0.25) is 9.59 Å². The molecule has 5 nitrogen and oxygen atoms in total. The number of hydrogen-bond donors (Lipinski definition) is 2. The van der Waals surface area contributed by atoms with Gasteiger partial charge in [0.05, 0.1) is 0 Å². The topological polar surface area (TPSA) is 71.2 Å². The first-order valence-corrected chi connectivity index (χ1v) is 8.69. The maximum atomic E-state index is 11.9. The Balaban J connectivity index is 1.40. The van der Waals surface area contributed by atoms with Gasteiger partial charge in [-0.1, -0.05) is 36.4 Å². The summed E-state index contributed by atoms with van der Waals surface area (Å²) < 4.78 is 5.06. The SMILES string of the molecule is Cc1ccccc1NC(=O)COC(=O)CCCc1c[nH]c2ccccc12. The standard InChI is InChI=1S/C21H22N2O3/c1-15-7-2-4-10-18(15)23-20(24)14-26-21(25)12-6-8-16-13-22-19-11-5-3-9-17(16)19/h2-5,7,9-11,13,22H,6,8,12,14H2,1H3,(H,23,24). The molecule has 0 spiro atoms. The van der Waals surface area contributed by atoms with Gasteiger partial charge in [0.2, 0.25) is 0 Å². The van der Waals surface area contributed by atoms with Crippen LogP contribution in [-0.4, -0.2) is 23.5 Å². The third-order valence-electron chi connectivity index (χ3n) is 4.29. The summed E-state index contributed by atoms with van der Waals surface area (Å²) in [6, 6.07) is 15.6. The summed E-state index contributed by atoms with van der Waals surface area (Å²) in [7, 11) is 0. The van der Waals surface area contributed by atoms with Gasteiger partial charge in [-0.05, 0) is 43.0 Å². The molecule has 3 aromatic rings. The molecular formula is C21H22N2O3. The lowest BCUT2D eigenvalue weighted by Gasteiger charge is -2.08. The molecule has 0 atom stereocenters. The Labute approximate surface area is 152 Å². The first-order valence-electron chi connectivity index (χ1n) is 8.69. The van der Waals surface area contributed by atoms with Crippen molar-refractivity contribution >= 4 is 28.5 Å². The van der Waals surface area contributed by atoms with Gasteiger partial charge in [-0.15, -0.1) is 0 Å². The Morgan fingerprint density at radius 3 is 2.69 bits per heavy atom. The van der Waals surface area contributed by atoms with Crippen molar-refractivity contribution in [2.24, 2.45) is 0 Å². The number of ether oxygens (including phenoxy) is 1. The van der Waals surface area contributed by atoms with E-state index < -0.39 is 0 Å². The molecule has 26 heavy (non-hydrogen) atoms. The minimum absolute atomic E-state index is 0.264. The first-order chi connectivity index (χ1) is 12.6. The molecule has 0 aliphatic heterocycles. The van der Waals surface area contributed by atoms with Crippen molar-refractivity contribution in [3.05, 3.63) is 65.9 Å². The van der Waals surface area contributed by atoms with Crippen LogP contribution in [0.1, 0.15) is 24.0 Å². The lowest BCUT2D eigenvalue weighted by molar-refractivity contribution is -0.147. The Bertz CT molecular complexity index is 914. The number of benzene rings is 2. The molecular weight excluding hydrogens is 328 g/mol. The second kappa shape index (κ2) is 8.34. The summed E-state index contributed by atoms with van der Waals surface area (Å²) in [6.45, 7) is 1.65. The summed E-state index contributed by atoms with van der Waals surface area (Å²) in [5.41, 5.74) is 3.97. The average molecular weight is 350 g/mol. The number of hydrogen-bond acceptors (Lipinski definition) is 3. The summed E-state index contributed by atoms with van der Waals surface area (Å²) in [5.74, 6) is -0.686. The van der Waals surface area contributed by atoms with Crippen molar-refractivity contribution < 1.29 is 14.3 Å². The molecule has 3 rings (SSSR count). The predicted octanol–water partition coefficient (Wildman–Crippen LogP) is 3.98. The van der Waals surface area contributed by atoms with E-state index in [1.54, 1.807) is 0 Å². The van der Waals surface area contributed by atoms with Crippen LogP contribution in [0, 0.1) is 6.92 Å². The molecule has 0 saturated heterocycles. The summed E-state index contributed by atoms with van der Waals surface area (Å²) in [5, 5.41) is 3.92. The molecule has 0 aliphatic rings. The van der Waals surface area contributed by atoms with E-state index in [4.69, 9.17) is 4.74 Å². The number of para-hydroxylation sites is 2. The van der Waals surface area contributed by atoms with E-state index in [1.807, 2.05) is 55.6 Å². The fourth-order valence-electron chi connectivity index (χ4n) is 2.88. The van der Waals surface area contributed by atoms with E-state index in [1.165, 1.54) is 10.9 Å². The van der Waals surface area contributed by atoms with Gasteiger partial charge < -0.3 is 15.0 Å². The largest absolute Gasteiger partial charge is 0.456 e. The number of nitrogens with one attached hydrogen (secondary N) is 2. The molecule has 0 aliphatic carbocycles. The van der Waals surface area contributed by atoms with Crippen molar-refractivity contribution in [1.29, 1.82) is 0 Å². The third kappa shape index (κ3) is 4.51. The number of aromatic nitrogens is 1. The Morgan fingerprint density at radius 1 is 1.08 bits per heavy atom. The molecule has 1 amide bonds. The predicted molar refractivity (Wildman–Crippen MR) is 102 cm³/mol. The van der Waals surface area contributed by atoms with Crippen LogP contribution in [0.15, 0.2) is 54.7 Å². The van der Waals surface area contributed by atoms with E-state index in [9.17, 15) is 9.59 Å². The molecule has 0 fully saturated rings. The number of rotatable bonds is 7. The minimum atomic E-state index is -0.357. The number of amides is 1. The molecule has 5 heteroatoms. The number of aryl methyl sites for hydroxylation is 2. The Kier molecular flexibility index (Phi) is 5.69. The molecule has 0 bridgehead atoms. The second-order valence-electron chi connectivity index (χ2n) is 6.24. The fourth-order valence-corrected chi connectivity index (χ4v) is 2.88.